The molecule has 4 aromatic rings. The minimum Gasteiger partial charge on any atom is -0.325 e. The number of anilines is 2. The molecule has 0 spiro atoms. The summed E-state index contributed by atoms with van der Waals surface area (Å²) in [6.07, 6.45) is 0.740. The van der Waals surface area contributed by atoms with Crippen LogP contribution in [0.3, 0.4) is 0 Å². The highest BCUT2D eigenvalue weighted by molar-refractivity contribution is 8.00. The second-order valence-electron chi connectivity index (χ2n) is 11.8. The van der Waals surface area contributed by atoms with Crippen LogP contribution in [0.2, 0.25) is 5.02 Å². The summed E-state index contributed by atoms with van der Waals surface area (Å²) in [5.41, 5.74) is 2.03. The van der Waals surface area contributed by atoms with Crippen LogP contribution in [0.1, 0.15) is 22.8 Å². The van der Waals surface area contributed by atoms with Crippen molar-refractivity contribution in [2.24, 2.45) is 29.6 Å². The Balaban J connectivity index is 1.18. The molecule has 1 saturated heterocycles. The molecule has 2 aliphatic heterocycles. The fourth-order valence-corrected chi connectivity index (χ4v) is 11.3. The lowest BCUT2D eigenvalue weighted by Gasteiger charge is -2.43. The summed E-state index contributed by atoms with van der Waals surface area (Å²) in [5.74, 6) is -2.47. The van der Waals surface area contributed by atoms with Gasteiger partial charge in [0.25, 0.3) is 0 Å². The number of fused-ring (bicyclic) bond motifs is 9. The van der Waals surface area contributed by atoms with Gasteiger partial charge in [0.05, 0.1) is 22.5 Å². The molecule has 3 amide bonds. The SMILES string of the molecule is O=C(Cn1c2c(sc1=O)C(c1ccc(Cl)cc1)C1C3CC(C1S2)C1C(=O)N(c2ccc(F)cc2)C(=O)C31)Nc1ccccc1. The van der Waals surface area contributed by atoms with Crippen LogP contribution < -0.4 is 15.1 Å². The first kappa shape index (κ1) is 27.8. The van der Waals surface area contributed by atoms with E-state index in [1.807, 2.05) is 42.5 Å². The molecule has 44 heavy (non-hydrogen) atoms. The molecule has 1 aromatic heterocycles. The van der Waals surface area contributed by atoms with Crippen LogP contribution in [0.25, 0.3) is 0 Å². The van der Waals surface area contributed by atoms with Crippen LogP contribution in [0.15, 0.2) is 88.7 Å². The summed E-state index contributed by atoms with van der Waals surface area (Å²) < 4.78 is 15.2. The average Bonchev–Trinajstić information content (AvgIpc) is 3.73. The fraction of sp³-hybridized carbons (Fsp3) is 0.273. The third-order valence-corrected chi connectivity index (χ3v) is 12.7. The van der Waals surface area contributed by atoms with Crippen LogP contribution in [-0.2, 0) is 20.9 Å². The Morgan fingerprint density at radius 2 is 1.59 bits per heavy atom. The van der Waals surface area contributed by atoms with E-state index in [4.69, 9.17) is 11.6 Å². The van der Waals surface area contributed by atoms with Gasteiger partial charge in [0.15, 0.2) is 0 Å². The molecule has 2 aliphatic carbocycles. The number of thioether (sulfide) groups is 1. The maximum Gasteiger partial charge on any atom is 0.308 e. The van der Waals surface area contributed by atoms with Gasteiger partial charge in [0, 0.05) is 26.8 Å². The van der Waals surface area contributed by atoms with Gasteiger partial charge in [-0.2, -0.15) is 0 Å². The molecule has 7 atom stereocenters. The third kappa shape index (κ3) is 4.22. The van der Waals surface area contributed by atoms with Crippen molar-refractivity contribution in [3.05, 3.63) is 110 Å². The van der Waals surface area contributed by atoms with Crippen LogP contribution in [0, 0.1) is 35.4 Å². The van der Waals surface area contributed by atoms with E-state index in [2.05, 4.69) is 5.32 Å². The standard InChI is InChI=1S/C33H25ClFN3O4S2/c34-17-8-6-16(7-9-17)24-25-21-14-22(27-26(21)30(40)38(31(27)41)20-12-10-18(35)11-13-20)28(25)43-32-29(24)44-33(42)37(32)15-23(39)36-19-4-2-1-3-5-19/h1-13,21-22,24-28H,14-15H2,(H,36,39). The van der Waals surface area contributed by atoms with E-state index in [-0.39, 0.29) is 58.1 Å². The zero-order chi connectivity index (χ0) is 30.3. The Labute approximate surface area is 265 Å². The number of nitrogens with one attached hydrogen (secondary N) is 1. The number of carbonyl (C=O) groups is 3. The number of amides is 3. The van der Waals surface area contributed by atoms with E-state index in [1.54, 1.807) is 28.5 Å². The molecule has 222 valence electrons. The molecule has 7 unspecified atom stereocenters. The average molecular weight is 646 g/mol. The second-order valence-corrected chi connectivity index (χ2v) is 14.4. The van der Waals surface area contributed by atoms with Crippen molar-refractivity contribution in [1.29, 1.82) is 0 Å². The highest BCUT2D eigenvalue weighted by Gasteiger charge is 2.69. The number of nitrogens with zero attached hydrogens (tertiary/aromatic N) is 2. The predicted octanol–water partition coefficient (Wildman–Crippen LogP) is 6.02. The van der Waals surface area contributed by atoms with Crippen LogP contribution >= 0.6 is 34.7 Å². The zero-order valence-electron chi connectivity index (χ0n) is 23.1. The maximum absolute atomic E-state index is 13.9. The summed E-state index contributed by atoms with van der Waals surface area (Å²) in [6.45, 7) is -0.132. The van der Waals surface area contributed by atoms with Gasteiger partial charge in [-0.25, -0.2) is 4.39 Å². The maximum atomic E-state index is 13.9. The Bertz CT molecular complexity index is 1880. The van der Waals surface area contributed by atoms with Crippen LogP contribution in [0.5, 0.6) is 0 Å². The number of hydrogen-bond donors (Lipinski definition) is 1. The first-order valence-corrected chi connectivity index (χ1v) is 16.5. The smallest absolute Gasteiger partial charge is 0.308 e. The van der Waals surface area contributed by atoms with E-state index in [0.29, 0.717) is 16.4 Å². The van der Waals surface area contributed by atoms with E-state index in [9.17, 15) is 23.6 Å². The summed E-state index contributed by atoms with van der Waals surface area (Å²) in [6, 6.07) is 22.2. The van der Waals surface area contributed by atoms with Gasteiger partial charge in [-0.3, -0.25) is 28.6 Å². The lowest BCUT2D eigenvalue weighted by molar-refractivity contribution is -0.123. The predicted molar refractivity (Wildman–Crippen MR) is 168 cm³/mol. The molecule has 3 aromatic carbocycles. The van der Waals surface area contributed by atoms with Gasteiger partial charge in [-0.05, 0) is 78.3 Å². The van der Waals surface area contributed by atoms with Gasteiger partial charge >= 0.3 is 4.87 Å². The van der Waals surface area contributed by atoms with Gasteiger partial charge < -0.3 is 5.32 Å². The molecule has 8 rings (SSSR count). The number of rotatable bonds is 5. The number of hydrogen-bond acceptors (Lipinski definition) is 6. The van der Waals surface area contributed by atoms with Gasteiger partial charge in [0.2, 0.25) is 17.7 Å². The number of carbonyl (C=O) groups excluding carboxylic acids is 3. The Morgan fingerprint density at radius 3 is 2.30 bits per heavy atom. The van der Waals surface area contributed by atoms with Crippen LogP contribution in [0.4, 0.5) is 15.8 Å². The normalized spacial score (nSPS) is 28.1. The van der Waals surface area contributed by atoms with E-state index >= 15 is 0 Å². The van der Waals surface area contributed by atoms with Crippen molar-refractivity contribution < 1.29 is 18.8 Å². The highest BCUT2D eigenvalue weighted by atomic mass is 35.5. The number of para-hydroxylation sites is 1. The Kier molecular flexibility index (Phi) is 6.59. The molecule has 7 nitrogen and oxygen atoms in total. The van der Waals surface area contributed by atoms with Gasteiger partial charge in [-0.15, -0.1) is 11.8 Å². The van der Waals surface area contributed by atoms with Crippen molar-refractivity contribution in [2.75, 3.05) is 10.2 Å². The van der Waals surface area contributed by atoms with E-state index < -0.39 is 17.7 Å². The van der Waals surface area contributed by atoms with Crippen molar-refractivity contribution in [2.45, 2.75) is 29.2 Å². The highest BCUT2D eigenvalue weighted by Crippen LogP contribution is 2.69. The van der Waals surface area contributed by atoms with Crippen molar-refractivity contribution in [3.8, 4) is 0 Å². The largest absolute Gasteiger partial charge is 0.325 e. The molecular weight excluding hydrogens is 621 g/mol. The van der Waals surface area contributed by atoms with Crippen molar-refractivity contribution in [3.63, 3.8) is 0 Å². The van der Waals surface area contributed by atoms with Crippen LogP contribution in [-0.4, -0.2) is 27.5 Å². The molecule has 0 radical (unpaired) electrons. The lowest BCUT2D eigenvalue weighted by Crippen LogP contribution is -2.43. The Morgan fingerprint density at radius 1 is 0.909 bits per heavy atom. The molecule has 3 fully saturated rings. The fourth-order valence-electron chi connectivity index (χ4n) is 8.01. The number of thiazole rings is 1. The number of aromatic nitrogens is 1. The van der Waals surface area contributed by atoms with E-state index in [1.165, 1.54) is 29.2 Å². The molecule has 2 bridgehead atoms. The summed E-state index contributed by atoms with van der Waals surface area (Å²) >= 11 is 8.98. The quantitative estimate of drug-likeness (QED) is 0.268. The second kappa shape index (κ2) is 10.4. The summed E-state index contributed by atoms with van der Waals surface area (Å²) in [7, 11) is 0. The first-order chi connectivity index (χ1) is 21.3. The molecule has 2 saturated carbocycles. The number of halogens is 2. The lowest BCUT2D eigenvalue weighted by atomic mass is 9.68. The molecule has 1 N–H and O–H groups in total. The summed E-state index contributed by atoms with van der Waals surface area (Å²) in [5, 5.41) is 4.19. The van der Waals surface area contributed by atoms with Gasteiger partial charge in [0.1, 0.15) is 12.4 Å². The van der Waals surface area contributed by atoms with Crippen molar-refractivity contribution in [1.82, 2.24) is 4.57 Å². The van der Waals surface area contributed by atoms with Crippen molar-refractivity contribution >= 4 is 63.8 Å². The molecule has 11 heteroatoms. The first-order valence-electron chi connectivity index (χ1n) is 14.4. The minimum absolute atomic E-state index is 0.00879. The third-order valence-electron chi connectivity index (χ3n) is 9.62. The zero-order valence-corrected chi connectivity index (χ0v) is 25.4. The number of benzene rings is 3. The monoisotopic (exact) mass is 645 g/mol. The van der Waals surface area contributed by atoms with Gasteiger partial charge in [-0.1, -0.05) is 53.3 Å². The Hall–Kier alpha value is -3.73. The summed E-state index contributed by atoms with van der Waals surface area (Å²) in [4.78, 5) is 56.2. The molecule has 3 heterocycles. The minimum atomic E-state index is -0.473. The number of imide groups is 1. The molecular formula is C33H25ClFN3O4S2. The van der Waals surface area contributed by atoms with E-state index in [0.717, 1.165) is 33.2 Å². The topological polar surface area (TPSA) is 88.5 Å². The molecule has 4 aliphatic rings.